The summed E-state index contributed by atoms with van der Waals surface area (Å²) in [5, 5.41) is 6.14. The second-order valence-corrected chi connectivity index (χ2v) is 4.88. The fraction of sp³-hybridized carbons (Fsp3) is 0.294. The number of nitrogens with zero attached hydrogens (tertiary/aromatic N) is 1. The third-order valence-electron chi connectivity index (χ3n) is 3.15. The smallest absolute Gasteiger partial charge is 0.251 e. The van der Waals surface area contributed by atoms with Gasteiger partial charge in [0.05, 0.1) is 0 Å². The SMILES string of the molecule is CCCCNc1cc(C(=O)NCc2ccccc2)ccn1. The van der Waals surface area contributed by atoms with Crippen LogP contribution in [0.4, 0.5) is 5.82 Å². The van der Waals surface area contributed by atoms with Crippen LogP contribution in [0.3, 0.4) is 0 Å². The Morgan fingerprint density at radius 3 is 2.76 bits per heavy atom. The number of hydrogen-bond acceptors (Lipinski definition) is 3. The van der Waals surface area contributed by atoms with E-state index in [9.17, 15) is 4.79 Å². The van der Waals surface area contributed by atoms with E-state index in [2.05, 4.69) is 22.5 Å². The minimum atomic E-state index is -0.0835. The maximum Gasteiger partial charge on any atom is 0.251 e. The van der Waals surface area contributed by atoms with Crippen molar-refractivity contribution in [3.05, 3.63) is 59.8 Å². The molecule has 4 heteroatoms. The lowest BCUT2D eigenvalue weighted by Crippen LogP contribution is -2.23. The zero-order chi connectivity index (χ0) is 14.9. The number of unbranched alkanes of at least 4 members (excludes halogenated alkanes) is 1. The van der Waals surface area contributed by atoms with Crippen LogP contribution >= 0.6 is 0 Å². The molecule has 0 saturated heterocycles. The van der Waals surface area contributed by atoms with E-state index in [-0.39, 0.29) is 5.91 Å². The number of rotatable bonds is 7. The predicted molar refractivity (Wildman–Crippen MR) is 85.2 cm³/mol. The summed E-state index contributed by atoms with van der Waals surface area (Å²) in [6.07, 6.45) is 3.88. The molecular formula is C17H21N3O. The van der Waals surface area contributed by atoms with E-state index in [0.717, 1.165) is 30.8 Å². The molecule has 2 aromatic rings. The first kappa shape index (κ1) is 15.0. The Kier molecular flexibility index (Phi) is 5.76. The molecular weight excluding hydrogens is 262 g/mol. The van der Waals surface area contributed by atoms with Crippen molar-refractivity contribution in [2.75, 3.05) is 11.9 Å². The Labute approximate surface area is 125 Å². The molecule has 0 aliphatic rings. The van der Waals surface area contributed by atoms with Crippen LogP contribution in [-0.4, -0.2) is 17.4 Å². The van der Waals surface area contributed by atoms with E-state index >= 15 is 0 Å². The zero-order valence-corrected chi connectivity index (χ0v) is 12.3. The van der Waals surface area contributed by atoms with Crippen LogP contribution < -0.4 is 10.6 Å². The molecule has 2 N–H and O–H groups in total. The molecule has 1 aromatic carbocycles. The van der Waals surface area contributed by atoms with Gasteiger partial charge in [-0.1, -0.05) is 43.7 Å². The number of hydrogen-bond donors (Lipinski definition) is 2. The first-order valence-corrected chi connectivity index (χ1v) is 7.31. The molecule has 0 atom stereocenters. The van der Waals surface area contributed by atoms with Gasteiger partial charge in [0.15, 0.2) is 0 Å². The normalized spacial score (nSPS) is 10.1. The van der Waals surface area contributed by atoms with E-state index in [1.165, 1.54) is 0 Å². The number of aromatic nitrogens is 1. The van der Waals surface area contributed by atoms with Gasteiger partial charge in [-0.05, 0) is 24.1 Å². The molecule has 1 amide bonds. The molecule has 4 nitrogen and oxygen atoms in total. The fourth-order valence-corrected chi connectivity index (χ4v) is 1.94. The third-order valence-corrected chi connectivity index (χ3v) is 3.15. The minimum absolute atomic E-state index is 0.0835. The van der Waals surface area contributed by atoms with Gasteiger partial charge in [0.1, 0.15) is 5.82 Å². The van der Waals surface area contributed by atoms with Crippen LogP contribution in [-0.2, 0) is 6.54 Å². The summed E-state index contributed by atoms with van der Waals surface area (Å²) in [6.45, 7) is 3.54. The average Bonchev–Trinajstić information content (AvgIpc) is 2.54. The van der Waals surface area contributed by atoms with Gasteiger partial charge in [-0.25, -0.2) is 4.98 Å². The van der Waals surface area contributed by atoms with Gasteiger partial charge < -0.3 is 10.6 Å². The van der Waals surface area contributed by atoms with Gasteiger partial charge >= 0.3 is 0 Å². The van der Waals surface area contributed by atoms with Gasteiger partial charge in [0.25, 0.3) is 5.91 Å². The van der Waals surface area contributed by atoms with E-state index in [1.54, 1.807) is 18.3 Å². The Morgan fingerprint density at radius 2 is 2.00 bits per heavy atom. The van der Waals surface area contributed by atoms with Gasteiger partial charge in [-0.2, -0.15) is 0 Å². The first-order valence-electron chi connectivity index (χ1n) is 7.31. The average molecular weight is 283 g/mol. The molecule has 0 radical (unpaired) electrons. The lowest BCUT2D eigenvalue weighted by atomic mass is 10.2. The lowest BCUT2D eigenvalue weighted by Gasteiger charge is -2.08. The van der Waals surface area contributed by atoms with Crippen molar-refractivity contribution in [2.24, 2.45) is 0 Å². The van der Waals surface area contributed by atoms with E-state index in [4.69, 9.17) is 0 Å². The maximum atomic E-state index is 12.1. The summed E-state index contributed by atoms with van der Waals surface area (Å²) in [4.78, 5) is 16.4. The van der Waals surface area contributed by atoms with Crippen molar-refractivity contribution in [2.45, 2.75) is 26.3 Å². The Balaban J connectivity index is 1.91. The zero-order valence-electron chi connectivity index (χ0n) is 12.3. The fourth-order valence-electron chi connectivity index (χ4n) is 1.94. The molecule has 110 valence electrons. The van der Waals surface area contributed by atoms with Crippen molar-refractivity contribution >= 4 is 11.7 Å². The van der Waals surface area contributed by atoms with Crippen molar-refractivity contribution in [1.82, 2.24) is 10.3 Å². The maximum absolute atomic E-state index is 12.1. The van der Waals surface area contributed by atoms with E-state index in [0.29, 0.717) is 12.1 Å². The number of nitrogens with one attached hydrogen (secondary N) is 2. The van der Waals surface area contributed by atoms with Crippen molar-refractivity contribution in [3.63, 3.8) is 0 Å². The second-order valence-electron chi connectivity index (χ2n) is 4.88. The summed E-state index contributed by atoms with van der Waals surface area (Å²) in [6, 6.07) is 13.4. The number of benzene rings is 1. The molecule has 21 heavy (non-hydrogen) atoms. The van der Waals surface area contributed by atoms with Crippen molar-refractivity contribution in [1.29, 1.82) is 0 Å². The standard InChI is InChI=1S/C17H21N3O/c1-2-3-10-18-16-12-15(9-11-19-16)17(21)20-13-14-7-5-4-6-8-14/h4-9,11-12H,2-3,10,13H2,1H3,(H,18,19)(H,20,21). The van der Waals surface area contributed by atoms with Gasteiger partial charge in [0.2, 0.25) is 0 Å². The molecule has 0 unspecified atom stereocenters. The van der Waals surface area contributed by atoms with Crippen molar-refractivity contribution < 1.29 is 4.79 Å². The van der Waals surface area contributed by atoms with Crippen LogP contribution in [0.5, 0.6) is 0 Å². The summed E-state index contributed by atoms with van der Waals surface area (Å²) in [5.74, 6) is 0.663. The molecule has 0 aliphatic heterocycles. The Bertz CT molecular complexity index is 569. The number of carbonyl (C=O) groups excluding carboxylic acids is 1. The summed E-state index contributed by atoms with van der Waals surface area (Å²) < 4.78 is 0. The number of amides is 1. The van der Waals surface area contributed by atoms with Crippen LogP contribution in [0.25, 0.3) is 0 Å². The van der Waals surface area contributed by atoms with Gasteiger partial charge in [-0.3, -0.25) is 4.79 Å². The summed E-state index contributed by atoms with van der Waals surface area (Å²) in [5.41, 5.74) is 1.71. The summed E-state index contributed by atoms with van der Waals surface area (Å²) in [7, 11) is 0. The topological polar surface area (TPSA) is 54.0 Å². The van der Waals surface area contributed by atoms with Crippen LogP contribution in [0, 0.1) is 0 Å². The van der Waals surface area contributed by atoms with E-state index in [1.807, 2.05) is 30.3 Å². The quantitative estimate of drug-likeness (QED) is 0.767. The molecule has 0 bridgehead atoms. The Hall–Kier alpha value is -2.36. The molecule has 1 heterocycles. The number of pyridine rings is 1. The van der Waals surface area contributed by atoms with Gasteiger partial charge in [0, 0.05) is 24.8 Å². The first-order chi connectivity index (χ1) is 10.3. The summed E-state index contributed by atoms with van der Waals surface area (Å²) >= 11 is 0. The second kappa shape index (κ2) is 8.04. The predicted octanol–water partition coefficient (Wildman–Crippen LogP) is 3.22. The molecule has 0 fully saturated rings. The highest BCUT2D eigenvalue weighted by Gasteiger charge is 2.06. The molecule has 0 saturated carbocycles. The monoisotopic (exact) mass is 283 g/mol. The molecule has 2 rings (SSSR count). The Morgan fingerprint density at radius 1 is 1.19 bits per heavy atom. The van der Waals surface area contributed by atoms with Crippen LogP contribution in [0.15, 0.2) is 48.7 Å². The molecule has 0 spiro atoms. The minimum Gasteiger partial charge on any atom is -0.370 e. The number of anilines is 1. The largest absolute Gasteiger partial charge is 0.370 e. The molecule has 1 aromatic heterocycles. The highest BCUT2D eigenvalue weighted by Crippen LogP contribution is 2.07. The number of carbonyl (C=O) groups is 1. The van der Waals surface area contributed by atoms with Crippen LogP contribution in [0.2, 0.25) is 0 Å². The van der Waals surface area contributed by atoms with Crippen LogP contribution in [0.1, 0.15) is 35.7 Å². The van der Waals surface area contributed by atoms with E-state index < -0.39 is 0 Å². The molecule has 0 aliphatic carbocycles. The lowest BCUT2D eigenvalue weighted by molar-refractivity contribution is 0.0951. The van der Waals surface area contributed by atoms with Crippen molar-refractivity contribution in [3.8, 4) is 0 Å². The van der Waals surface area contributed by atoms with Gasteiger partial charge in [-0.15, -0.1) is 0 Å². The highest BCUT2D eigenvalue weighted by atomic mass is 16.1. The highest BCUT2D eigenvalue weighted by molar-refractivity contribution is 5.94. The third kappa shape index (κ3) is 4.91.